The maximum Gasteiger partial charge on any atom is 0.304 e. The summed E-state index contributed by atoms with van der Waals surface area (Å²) in [5.41, 5.74) is 0.0183. The summed E-state index contributed by atoms with van der Waals surface area (Å²) in [5, 5.41) is 8.86. The summed E-state index contributed by atoms with van der Waals surface area (Å²) in [6.07, 6.45) is 4.42. The minimum absolute atomic E-state index is 0.0183. The van der Waals surface area contributed by atoms with Crippen molar-refractivity contribution in [2.24, 2.45) is 5.41 Å². The van der Waals surface area contributed by atoms with E-state index in [4.69, 9.17) is 5.11 Å². The third-order valence-corrected chi connectivity index (χ3v) is 2.65. The molecule has 1 aliphatic rings. The second-order valence-electron chi connectivity index (χ2n) is 4.90. The number of rotatable bonds is 3. The summed E-state index contributed by atoms with van der Waals surface area (Å²) in [4.78, 5) is 13.0. The number of hydrogen-bond acceptors (Lipinski definition) is 2. The van der Waals surface area contributed by atoms with Gasteiger partial charge in [0.2, 0.25) is 0 Å². The fraction of sp³-hybridized carbons (Fsp3) is 0.727. The zero-order chi connectivity index (χ0) is 10.8. The van der Waals surface area contributed by atoms with Crippen molar-refractivity contribution in [1.82, 2.24) is 4.90 Å². The van der Waals surface area contributed by atoms with Crippen molar-refractivity contribution in [3.63, 3.8) is 0 Å². The van der Waals surface area contributed by atoms with Gasteiger partial charge >= 0.3 is 5.97 Å². The molecule has 3 heteroatoms. The number of aliphatic carboxylic acids is 1. The molecular formula is C11H19NO2. The first-order chi connectivity index (χ1) is 6.41. The SMILES string of the molecule is CC(C)(C)C(CC(=O)O)N1CC=CC1. The van der Waals surface area contributed by atoms with Gasteiger partial charge in [-0.2, -0.15) is 0 Å². The van der Waals surface area contributed by atoms with Crippen LogP contribution in [-0.4, -0.2) is 35.1 Å². The van der Waals surface area contributed by atoms with Gasteiger partial charge in [-0.25, -0.2) is 0 Å². The van der Waals surface area contributed by atoms with Crippen LogP contribution < -0.4 is 0 Å². The quantitative estimate of drug-likeness (QED) is 0.701. The van der Waals surface area contributed by atoms with Crippen molar-refractivity contribution in [3.8, 4) is 0 Å². The molecule has 1 unspecified atom stereocenters. The van der Waals surface area contributed by atoms with Gasteiger partial charge in [0, 0.05) is 19.1 Å². The number of nitrogens with zero attached hydrogens (tertiary/aromatic N) is 1. The maximum atomic E-state index is 10.8. The Morgan fingerprint density at radius 2 is 1.93 bits per heavy atom. The molecule has 1 N–H and O–H groups in total. The smallest absolute Gasteiger partial charge is 0.304 e. The lowest BCUT2D eigenvalue weighted by Crippen LogP contribution is -2.44. The van der Waals surface area contributed by atoms with Gasteiger partial charge in [-0.1, -0.05) is 32.9 Å². The Balaban J connectivity index is 2.66. The molecule has 0 aromatic rings. The van der Waals surface area contributed by atoms with Crippen LogP contribution >= 0.6 is 0 Å². The fourth-order valence-electron chi connectivity index (χ4n) is 1.90. The van der Waals surface area contributed by atoms with E-state index in [9.17, 15) is 4.79 Å². The second kappa shape index (κ2) is 4.13. The summed E-state index contributed by atoms with van der Waals surface area (Å²) in [7, 11) is 0. The number of carboxylic acids is 1. The lowest BCUT2D eigenvalue weighted by atomic mass is 9.84. The largest absolute Gasteiger partial charge is 0.481 e. The summed E-state index contributed by atoms with van der Waals surface area (Å²) in [6, 6.07) is 0.120. The Morgan fingerprint density at radius 1 is 1.43 bits per heavy atom. The minimum Gasteiger partial charge on any atom is -0.481 e. The van der Waals surface area contributed by atoms with Crippen molar-refractivity contribution in [3.05, 3.63) is 12.2 Å². The van der Waals surface area contributed by atoms with Gasteiger partial charge in [-0.15, -0.1) is 0 Å². The number of carboxylic acid groups (broad SMARTS) is 1. The fourth-order valence-corrected chi connectivity index (χ4v) is 1.90. The monoisotopic (exact) mass is 197 g/mol. The third-order valence-electron chi connectivity index (χ3n) is 2.65. The van der Waals surface area contributed by atoms with Crippen molar-refractivity contribution in [2.75, 3.05) is 13.1 Å². The van der Waals surface area contributed by atoms with Crippen LogP contribution in [0.2, 0.25) is 0 Å². The van der Waals surface area contributed by atoms with Crippen LogP contribution in [0.3, 0.4) is 0 Å². The summed E-state index contributed by atoms with van der Waals surface area (Å²) in [6.45, 7) is 8.06. The Morgan fingerprint density at radius 3 is 2.29 bits per heavy atom. The van der Waals surface area contributed by atoms with Crippen LogP contribution in [0.4, 0.5) is 0 Å². The molecule has 0 spiro atoms. The predicted molar refractivity (Wildman–Crippen MR) is 56.2 cm³/mol. The van der Waals surface area contributed by atoms with Gasteiger partial charge in [0.1, 0.15) is 0 Å². The molecule has 0 amide bonds. The Hall–Kier alpha value is -0.830. The molecule has 3 nitrogen and oxygen atoms in total. The molecule has 1 rings (SSSR count). The van der Waals surface area contributed by atoms with Crippen LogP contribution in [0.25, 0.3) is 0 Å². The molecule has 80 valence electrons. The molecule has 0 aromatic heterocycles. The molecule has 1 aliphatic heterocycles. The highest BCUT2D eigenvalue weighted by molar-refractivity contribution is 5.67. The average molecular weight is 197 g/mol. The summed E-state index contributed by atoms with van der Waals surface area (Å²) < 4.78 is 0. The Kier molecular flexibility index (Phi) is 3.32. The van der Waals surface area contributed by atoms with Crippen molar-refractivity contribution in [2.45, 2.75) is 33.2 Å². The molecule has 0 fully saturated rings. The lowest BCUT2D eigenvalue weighted by molar-refractivity contribution is -0.139. The molecule has 0 aliphatic carbocycles. The van der Waals surface area contributed by atoms with Gasteiger partial charge in [-0.3, -0.25) is 9.69 Å². The minimum atomic E-state index is -0.711. The summed E-state index contributed by atoms with van der Waals surface area (Å²) >= 11 is 0. The van der Waals surface area contributed by atoms with E-state index in [0.717, 1.165) is 13.1 Å². The van der Waals surface area contributed by atoms with E-state index in [-0.39, 0.29) is 17.9 Å². The van der Waals surface area contributed by atoms with Crippen molar-refractivity contribution >= 4 is 5.97 Å². The van der Waals surface area contributed by atoms with E-state index < -0.39 is 5.97 Å². The van der Waals surface area contributed by atoms with E-state index in [1.54, 1.807) is 0 Å². The van der Waals surface area contributed by atoms with Gasteiger partial charge in [0.25, 0.3) is 0 Å². The molecule has 0 saturated heterocycles. The van der Waals surface area contributed by atoms with Crippen LogP contribution in [0.1, 0.15) is 27.2 Å². The molecule has 0 saturated carbocycles. The topological polar surface area (TPSA) is 40.5 Å². The first-order valence-electron chi connectivity index (χ1n) is 5.02. The molecule has 0 aromatic carbocycles. The number of carbonyl (C=O) groups is 1. The predicted octanol–water partition coefficient (Wildman–Crippen LogP) is 1.75. The molecule has 0 bridgehead atoms. The third kappa shape index (κ3) is 2.84. The summed E-state index contributed by atoms with van der Waals surface area (Å²) in [5.74, 6) is -0.711. The van der Waals surface area contributed by atoms with Crippen LogP contribution in [0.5, 0.6) is 0 Å². The highest BCUT2D eigenvalue weighted by Crippen LogP contribution is 2.28. The first kappa shape index (κ1) is 11.2. The maximum absolute atomic E-state index is 10.8. The molecular weight excluding hydrogens is 178 g/mol. The molecule has 1 heterocycles. The van der Waals surface area contributed by atoms with Gasteiger partial charge < -0.3 is 5.11 Å². The molecule has 1 atom stereocenters. The van der Waals surface area contributed by atoms with Gasteiger partial charge in [0.15, 0.2) is 0 Å². The molecule has 14 heavy (non-hydrogen) atoms. The Bertz CT molecular complexity index is 232. The number of hydrogen-bond donors (Lipinski definition) is 1. The van der Waals surface area contributed by atoms with Crippen LogP contribution in [-0.2, 0) is 4.79 Å². The first-order valence-corrected chi connectivity index (χ1v) is 5.02. The van der Waals surface area contributed by atoms with E-state index in [2.05, 4.69) is 37.8 Å². The zero-order valence-electron chi connectivity index (χ0n) is 9.16. The normalized spacial score (nSPS) is 19.9. The highest BCUT2D eigenvalue weighted by atomic mass is 16.4. The second-order valence-corrected chi connectivity index (χ2v) is 4.90. The van der Waals surface area contributed by atoms with E-state index in [1.165, 1.54) is 0 Å². The van der Waals surface area contributed by atoms with E-state index >= 15 is 0 Å². The zero-order valence-corrected chi connectivity index (χ0v) is 9.16. The molecule has 0 radical (unpaired) electrons. The lowest BCUT2D eigenvalue weighted by Gasteiger charge is -2.37. The highest BCUT2D eigenvalue weighted by Gasteiger charge is 2.32. The van der Waals surface area contributed by atoms with Crippen LogP contribution in [0.15, 0.2) is 12.2 Å². The van der Waals surface area contributed by atoms with Crippen molar-refractivity contribution < 1.29 is 9.90 Å². The average Bonchev–Trinajstić information content (AvgIpc) is 2.49. The van der Waals surface area contributed by atoms with Crippen molar-refractivity contribution in [1.29, 1.82) is 0 Å². The Labute approximate surface area is 85.4 Å². The van der Waals surface area contributed by atoms with Gasteiger partial charge in [0.05, 0.1) is 6.42 Å². The standard InChI is InChI=1S/C11H19NO2/c1-11(2,3)9(8-10(13)14)12-6-4-5-7-12/h4-5,9H,6-8H2,1-3H3,(H,13,14). The van der Waals surface area contributed by atoms with Gasteiger partial charge in [-0.05, 0) is 5.41 Å². The van der Waals surface area contributed by atoms with Crippen LogP contribution in [0, 0.1) is 5.41 Å². The van der Waals surface area contributed by atoms with E-state index in [0.29, 0.717) is 0 Å². The van der Waals surface area contributed by atoms with E-state index in [1.807, 2.05) is 0 Å².